The fourth-order valence-corrected chi connectivity index (χ4v) is 1.56. The molecule has 0 aromatic heterocycles. The SMILES string of the molecule is O=C(CC1CNCCO1)NC1COC1. The Morgan fingerprint density at radius 1 is 1.50 bits per heavy atom. The summed E-state index contributed by atoms with van der Waals surface area (Å²) < 4.78 is 10.4. The molecule has 14 heavy (non-hydrogen) atoms. The number of nitrogens with one attached hydrogen (secondary N) is 2. The standard InChI is InChI=1S/C9H16N2O3/c12-9(11-7-5-13-6-7)3-8-4-10-1-2-14-8/h7-8,10H,1-6H2,(H,11,12). The summed E-state index contributed by atoms with van der Waals surface area (Å²) in [5, 5.41) is 6.08. The third-order valence-electron chi connectivity index (χ3n) is 2.42. The Bertz CT molecular complexity index is 200. The van der Waals surface area contributed by atoms with Gasteiger partial charge in [0.05, 0.1) is 38.4 Å². The predicted octanol–water partition coefficient (Wildman–Crippen LogP) is -1.12. The summed E-state index contributed by atoms with van der Waals surface area (Å²) in [5.74, 6) is 0.0620. The summed E-state index contributed by atoms with van der Waals surface area (Å²) >= 11 is 0. The first-order valence-electron chi connectivity index (χ1n) is 5.04. The van der Waals surface area contributed by atoms with Gasteiger partial charge in [-0.2, -0.15) is 0 Å². The van der Waals surface area contributed by atoms with Crippen molar-refractivity contribution in [2.75, 3.05) is 32.9 Å². The number of hydrogen-bond acceptors (Lipinski definition) is 4. The Hall–Kier alpha value is -0.650. The van der Waals surface area contributed by atoms with E-state index in [1.807, 2.05) is 0 Å². The third kappa shape index (κ3) is 2.67. The zero-order chi connectivity index (χ0) is 9.80. The van der Waals surface area contributed by atoms with Crippen molar-refractivity contribution in [2.45, 2.75) is 18.6 Å². The van der Waals surface area contributed by atoms with Crippen molar-refractivity contribution in [3.05, 3.63) is 0 Å². The van der Waals surface area contributed by atoms with E-state index in [4.69, 9.17) is 9.47 Å². The highest BCUT2D eigenvalue weighted by Gasteiger charge is 2.23. The van der Waals surface area contributed by atoms with Crippen molar-refractivity contribution in [2.24, 2.45) is 0 Å². The van der Waals surface area contributed by atoms with Crippen molar-refractivity contribution in [1.29, 1.82) is 0 Å². The predicted molar refractivity (Wildman–Crippen MR) is 50.0 cm³/mol. The number of carbonyl (C=O) groups is 1. The lowest BCUT2D eigenvalue weighted by molar-refractivity contribution is -0.128. The van der Waals surface area contributed by atoms with Crippen molar-refractivity contribution in [1.82, 2.24) is 10.6 Å². The van der Waals surface area contributed by atoms with Crippen molar-refractivity contribution in [3.63, 3.8) is 0 Å². The summed E-state index contributed by atoms with van der Waals surface area (Å²) in [7, 11) is 0. The topological polar surface area (TPSA) is 59.6 Å². The van der Waals surface area contributed by atoms with Crippen LogP contribution in [0.25, 0.3) is 0 Å². The van der Waals surface area contributed by atoms with Crippen molar-refractivity contribution < 1.29 is 14.3 Å². The highest BCUT2D eigenvalue weighted by molar-refractivity contribution is 5.76. The second-order valence-electron chi connectivity index (χ2n) is 3.70. The van der Waals surface area contributed by atoms with Crippen LogP contribution in [-0.4, -0.2) is 51.0 Å². The van der Waals surface area contributed by atoms with E-state index in [1.54, 1.807) is 0 Å². The molecule has 1 amide bonds. The van der Waals surface area contributed by atoms with Crippen LogP contribution in [0.5, 0.6) is 0 Å². The maximum absolute atomic E-state index is 11.4. The van der Waals surface area contributed by atoms with E-state index < -0.39 is 0 Å². The van der Waals surface area contributed by atoms with Gasteiger partial charge in [-0.15, -0.1) is 0 Å². The molecule has 0 aromatic carbocycles. The number of morpholine rings is 1. The van der Waals surface area contributed by atoms with Crippen LogP contribution in [0.1, 0.15) is 6.42 Å². The minimum atomic E-state index is 0.0322. The molecule has 0 saturated carbocycles. The molecule has 2 aliphatic heterocycles. The van der Waals surface area contributed by atoms with Gasteiger partial charge in [0.25, 0.3) is 0 Å². The molecule has 2 saturated heterocycles. The highest BCUT2D eigenvalue weighted by atomic mass is 16.5. The fourth-order valence-electron chi connectivity index (χ4n) is 1.56. The molecule has 5 nitrogen and oxygen atoms in total. The summed E-state index contributed by atoms with van der Waals surface area (Å²) in [6, 6.07) is 0.221. The smallest absolute Gasteiger partial charge is 0.223 e. The normalized spacial score (nSPS) is 28.1. The van der Waals surface area contributed by atoms with E-state index in [2.05, 4.69) is 10.6 Å². The molecule has 0 radical (unpaired) electrons. The van der Waals surface area contributed by atoms with E-state index in [0.29, 0.717) is 26.2 Å². The monoisotopic (exact) mass is 200 g/mol. The van der Waals surface area contributed by atoms with Gasteiger partial charge in [-0.25, -0.2) is 0 Å². The van der Waals surface area contributed by atoms with Gasteiger partial charge in [0.2, 0.25) is 5.91 Å². The third-order valence-corrected chi connectivity index (χ3v) is 2.42. The van der Waals surface area contributed by atoms with E-state index in [-0.39, 0.29) is 18.1 Å². The Morgan fingerprint density at radius 3 is 2.93 bits per heavy atom. The molecule has 0 aliphatic carbocycles. The quantitative estimate of drug-likeness (QED) is 0.606. The summed E-state index contributed by atoms with van der Waals surface area (Å²) in [4.78, 5) is 11.4. The fraction of sp³-hybridized carbons (Fsp3) is 0.889. The first-order valence-corrected chi connectivity index (χ1v) is 5.04. The molecule has 1 unspecified atom stereocenters. The Kier molecular flexibility index (Phi) is 3.34. The average Bonchev–Trinajstić information content (AvgIpc) is 2.13. The van der Waals surface area contributed by atoms with Gasteiger partial charge >= 0.3 is 0 Å². The number of rotatable bonds is 3. The molecule has 2 heterocycles. The van der Waals surface area contributed by atoms with Gasteiger partial charge in [0.1, 0.15) is 0 Å². The van der Waals surface area contributed by atoms with Crippen LogP contribution in [0.2, 0.25) is 0 Å². The Labute approximate surface area is 83.1 Å². The summed E-state index contributed by atoms with van der Waals surface area (Å²) in [5.41, 5.74) is 0. The zero-order valence-corrected chi connectivity index (χ0v) is 8.12. The van der Waals surface area contributed by atoms with Crippen molar-refractivity contribution in [3.8, 4) is 0 Å². The van der Waals surface area contributed by atoms with Crippen LogP contribution < -0.4 is 10.6 Å². The minimum absolute atomic E-state index is 0.0322. The molecule has 2 aliphatic rings. The van der Waals surface area contributed by atoms with Gasteiger partial charge in [-0.3, -0.25) is 4.79 Å². The molecular formula is C9H16N2O3. The van der Waals surface area contributed by atoms with E-state index in [1.165, 1.54) is 0 Å². The van der Waals surface area contributed by atoms with E-state index >= 15 is 0 Å². The molecular weight excluding hydrogens is 184 g/mol. The lowest BCUT2D eigenvalue weighted by atomic mass is 10.2. The van der Waals surface area contributed by atoms with Crippen LogP contribution in [0.4, 0.5) is 0 Å². The van der Waals surface area contributed by atoms with Gasteiger partial charge in [0, 0.05) is 13.1 Å². The molecule has 0 aromatic rings. The van der Waals surface area contributed by atoms with Gasteiger partial charge in [-0.1, -0.05) is 0 Å². The van der Waals surface area contributed by atoms with E-state index in [9.17, 15) is 4.79 Å². The van der Waals surface area contributed by atoms with Gasteiger partial charge in [-0.05, 0) is 0 Å². The Morgan fingerprint density at radius 2 is 2.36 bits per heavy atom. The molecule has 0 spiro atoms. The molecule has 2 rings (SSSR count). The average molecular weight is 200 g/mol. The summed E-state index contributed by atoms with van der Waals surface area (Å²) in [6.45, 7) is 3.65. The first kappa shape index (κ1) is 9.89. The molecule has 80 valence electrons. The second kappa shape index (κ2) is 4.72. The van der Waals surface area contributed by atoms with Crippen LogP contribution in [-0.2, 0) is 14.3 Å². The van der Waals surface area contributed by atoms with Crippen LogP contribution >= 0.6 is 0 Å². The lowest BCUT2D eigenvalue weighted by Gasteiger charge is -2.28. The van der Waals surface area contributed by atoms with Gasteiger partial charge < -0.3 is 20.1 Å². The first-order chi connectivity index (χ1) is 6.84. The maximum Gasteiger partial charge on any atom is 0.223 e. The van der Waals surface area contributed by atoms with Crippen LogP contribution in [0.3, 0.4) is 0 Å². The maximum atomic E-state index is 11.4. The zero-order valence-electron chi connectivity index (χ0n) is 8.12. The molecule has 2 fully saturated rings. The number of amides is 1. The van der Waals surface area contributed by atoms with Crippen LogP contribution in [0.15, 0.2) is 0 Å². The molecule has 1 atom stereocenters. The molecule has 2 N–H and O–H groups in total. The summed E-state index contributed by atoms with van der Waals surface area (Å²) in [6.07, 6.45) is 0.480. The lowest BCUT2D eigenvalue weighted by Crippen LogP contribution is -2.50. The van der Waals surface area contributed by atoms with Crippen molar-refractivity contribution >= 4 is 5.91 Å². The Balaban J connectivity index is 1.64. The van der Waals surface area contributed by atoms with Crippen LogP contribution in [0, 0.1) is 0 Å². The number of carbonyl (C=O) groups excluding carboxylic acids is 1. The molecule has 5 heteroatoms. The van der Waals surface area contributed by atoms with Gasteiger partial charge in [0.15, 0.2) is 0 Å². The number of ether oxygens (including phenoxy) is 2. The largest absolute Gasteiger partial charge is 0.377 e. The highest BCUT2D eigenvalue weighted by Crippen LogP contribution is 2.04. The van der Waals surface area contributed by atoms with E-state index in [0.717, 1.165) is 13.1 Å². The minimum Gasteiger partial charge on any atom is -0.377 e. The second-order valence-corrected chi connectivity index (χ2v) is 3.70. The molecule has 0 bridgehead atoms. The number of hydrogen-bond donors (Lipinski definition) is 2.